The molecule has 28 heavy (non-hydrogen) atoms. The average molecular weight is 384 g/mol. The first-order valence-corrected chi connectivity index (χ1v) is 9.80. The molecule has 2 aromatic rings. The van der Waals surface area contributed by atoms with Gasteiger partial charge in [-0.2, -0.15) is 5.10 Å². The number of aromatic nitrogens is 2. The van der Waals surface area contributed by atoms with Gasteiger partial charge in [-0.05, 0) is 52.3 Å². The van der Waals surface area contributed by atoms with E-state index in [1.165, 1.54) is 0 Å². The molecule has 1 aromatic carbocycles. The van der Waals surface area contributed by atoms with Gasteiger partial charge in [-0.1, -0.05) is 18.2 Å². The first kappa shape index (κ1) is 20.1. The van der Waals surface area contributed by atoms with E-state index < -0.39 is 0 Å². The number of hydrogen-bond donors (Lipinski definition) is 1. The lowest BCUT2D eigenvalue weighted by atomic mass is 9.98. The number of hydrogen-bond acceptors (Lipinski definition) is 5. The molecule has 7 heteroatoms. The number of aryl methyl sites for hydroxylation is 1. The van der Waals surface area contributed by atoms with E-state index in [0.29, 0.717) is 13.2 Å². The van der Waals surface area contributed by atoms with Crippen LogP contribution in [0.4, 0.5) is 5.69 Å². The summed E-state index contributed by atoms with van der Waals surface area (Å²) >= 11 is 0. The summed E-state index contributed by atoms with van der Waals surface area (Å²) in [5.74, 6) is -0.405. The number of amides is 1. The number of para-hydroxylation sites is 1. The molecule has 3 rings (SSSR count). The molecule has 1 amide bonds. The van der Waals surface area contributed by atoms with E-state index in [1.807, 2.05) is 60.7 Å². The summed E-state index contributed by atoms with van der Waals surface area (Å²) in [5.41, 5.74) is 3.36. The topological polar surface area (TPSA) is 76.5 Å². The number of anilines is 1. The van der Waals surface area contributed by atoms with Crippen LogP contribution >= 0.6 is 0 Å². The van der Waals surface area contributed by atoms with Crippen LogP contribution in [0.15, 0.2) is 30.3 Å². The maximum Gasteiger partial charge on any atom is 0.310 e. The third-order valence-corrected chi connectivity index (χ3v) is 5.05. The molecule has 1 saturated heterocycles. The first-order chi connectivity index (χ1) is 13.5. The normalized spacial score (nSPS) is 17.3. The standard InChI is InChI=1S/C21H28N4O3/c1-4-28-21(27)17-9-8-12-24(13-17)14-19(26)22-20-15(2)23-25(16(20)3)18-10-6-5-7-11-18/h5-7,10-11,17H,4,8-9,12-14H2,1-3H3,(H,22,26)/t17-/m0/s1. The molecule has 0 radical (unpaired) electrons. The molecule has 1 N–H and O–H groups in total. The van der Waals surface area contributed by atoms with Gasteiger partial charge in [0.05, 0.1) is 41.8 Å². The number of esters is 1. The molecular formula is C21H28N4O3. The summed E-state index contributed by atoms with van der Waals surface area (Å²) in [5, 5.41) is 7.57. The van der Waals surface area contributed by atoms with Gasteiger partial charge in [0.2, 0.25) is 5.91 Å². The van der Waals surface area contributed by atoms with Crippen molar-refractivity contribution in [3.8, 4) is 5.69 Å². The van der Waals surface area contributed by atoms with E-state index in [2.05, 4.69) is 10.4 Å². The summed E-state index contributed by atoms with van der Waals surface area (Å²) in [4.78, 5) is 26.6. The minimum Gasteiger partial charge on any atom is -0.466 e. The number of carbonyl (C=O) groups excluding carboxylic acids is 2. The minimum atomic E-state index is -0.163. The Kier molecular flexibility index (Phi) is 6.46. The quantitative estimate of drug-likeness (QED) is 0.775. The van der Waals surface area contributed by atoms with Crippen LogP contribution in [0.5, 0.6) is 0 Å². The van der Waals surface area contributed by atoms with Gasteiger partial charge in [0.25, 0.3) is 0 Å². The van der Waals surface area contributed by atoms with Crippen molar-refractivity contribution in [2.75, 3.05) is 31.6 Å². The fourth-order valence-corrected chi connectivity index (χ4v) is 3.68. The zero-order valence-corrected chi connectivity index (χ0v) is 16.8. The molecular weight excluding hydrogens is 356 g/mol. The van der Waals surface area contributed by atoms with Crippen molar-refractivity contribution in [1.29, 1.82) is 0 Å². The van der Waals surface area contributed by atoms with Crippen LogP contribution in [-0.4, -0.2) is 52.8 Å². The molecule has 1 aliphatic heterocycles. The van der Waals surface area contributed by atoms with Gasteiger partial charge in [0, 0.05) is 6.54 Å². The van der Waals surface area contributed by atoms with Gasteiger partial charge in [-0.3, -0.25) is 14.5 Å². The second kappa shape index (κ2) is 9.01. The monoisotopic (exact) mass is 384 g/mol. The molecule has 1 aliphatic rings. The van der Waals surface area contributed by atoms with Gasteiger partial charge in [0.15, 0.2) is 0 Å². The van der Waals surface area contributed by atoms with Crippen LogP contribution in [0.2, 0.25) is 0 Å². The van der Waals surface area contributed by atoms with Crippen LogP contribution in [0, 0.1) is 19.8 Å². The highest BCUT2D eigenvalue weighted by Crippen LogP contribution is 2.23. The third-order valence-electron chi connectivity index (χ3n) is 5.05. The second-order valence-corrected chi connectivity index (χ2v) is 7.17. The lowest BCUT2D eigenvalue weighted by Crippen LogP contribution is -2.43. The molecule has 1 fully saturated rings. The number of likely N-dealkylation sites (tertiary alicyclic amines) is 1. The smallest absolute Gasteiger partial charge is 0.310 e. The van der Waals surface area contributed by atoms with Gasteiger partial charge in [-0.25, -0.2) is 4.68 Å². The highest BCUT2D eigenvalue weighted by Gasteiger charge is 2.28. The van der Waals surface area contributed by atoms with Crippen molar-refractivity contribution in [3.63, 3.8) is 0 Å². The SMILES string of the molecule is CCOC(=O)[C@H]1CCCN(CC(=O)Nc2c(C)nn(-c3ccccc3)c2C)C1. The third kappa shape index (κ3) is 4.59. The van der Waals surface area contributed by atoms with Gasteiger partial charge < -0.3 is 10.1 Å². The number of nitrogens with zero attached hydrogens (tertiary/aromatic N) is 3. The van der Waals surface area contributed by atoms with Crippen molar-refractivity contribution in [2.45, 2.75) is 33.6 Å². The van der Waals surface area contributed by atoms with Crippen molar-refractivity contribution in [3.05, 3.63) is 41.7 Å². The number of rotatable bonds is 6. The number of piperidine rings is 1. The lowest BCUT2D eigenvalue weighted by molar-refractivity contribution is -0.150. The van der Waals surface area contributed by atoms with Crippen molar-refractivity contribution >= 4 is 17.6 Å². The number of nitrogens with one attached hydrogen (secondary N) is 1. The predicted octanol–water partition coefficient (Wildman–Crippen LogP) is 2.70. The Balaban J connectivity index is 1.64. The summed E-state index contributed by atoms with van der Waals surface area (Å²) < 4.78 is 6.97. The highest BCUT2D eigenvalue weighted by molar-refractivity contribution is 5.93. The van der Waals surface area contributed by atoms with Crippen LogP contribution in [0.25, 0.3) is 5.69 Å². The Morgan fingerprint density at radius 1 is 1.25 bits per heavy atom. The van der Waals surface area contributed by atoms with Crippen LogP contribution < -0.4 is 5.32 Å². The number of carbonyl (C=O) groups is 2. The zero-order chi connectivity index (χ0) is 20.1. The van der Waals surface area contributed by atoms with Gasteiger partial charge >= 0.3 is 5.97 Å². The maximum absolute atomic E-state index is 12.6. The molecule has 0 bridgehead atoms. The van der Waals surface area contributed by atoms with Crippen molar-refractivity contribution in [1.82, 2.24) is 14.7 Å². The molecule has 1 atom stereocenters. The van der Waals surface area contributed by atoms with E-state index >= 15 is 0 Å². The molecule has 0 spiro atoms. The Labute approximate surface area is 165 Å². The number of benzene rings is 1. The van der Waals surface area contributed by atoms with Crippen LogP contribution in [0.3, 0.4) is 0 Å². The Morgan fingerprint density at radius 2 is 2.00 bits per heavy atom. The highest BCUT2D eigenvalue weighted by atomic mass is 16.5. The van der Waals surface area contributed by atoms with Crippen LogP contribution in [0.1, 0.15) is 31.2 Å². The molecule has 150 valence electrons. The summed E-state index contributed by atoms with van der Waals surface area (Å²) in [7, 11) is 0. The Bertz CT molecular complexity index is 832. The van der Waals surface area contributed by atoms with Gasteiger partial charge in [0.1, 0.15) is 0 Å². The average Bonchev–Trinajstić information content (AvgIpc) is 2.97. The molecule has 0 unspecified atom stereocenters. The summed E-state index contributed by atoms with van der Waals surface area (Å²) in [6.45, 7) is 7.66. The maximum atomic E-state index is 12.6. The molecule has 1 aromatic heterocycles. The first-order valence-electron chi connectivity index (χ1n) is 9.80. The summed E-state index contributed by atoms with van der Waals surface area (Å²) in [6, 6.07) is 9.84. The largest absolute Gasteiger partial charge is 0.466 e. The Morgan fingerprint density at radius 3 is 2.71 bits per heavy atom. The van der Waals surface area contributed by atoms with E-state index in [4.69, 9.17) is 4.74 Å². The second-order valence-electron chi connectivity index (χ2n) is 7.17. The molecule has 2 heterocycles. The van der Waals surface area contributed by atoms with E-state index in [9.17, 15) is 9.59 Å². The van der Waals surface area contributed by atoms with Crippen molar-refractivity contribution in [2.24, 2.45) is 5.92 Å². The molecule has 7 nitrogen and oxygen atoms in total. The summed E-state index contributed by atoms with van der Waals surface area (Å²) in [6.07, 6.45) is 1.71. The van der Waals surface area contributed by atoms with Crippen molar-refractivity contribution < 1.29 is 14.3 Å². The minimum absolute atomic E-state index is 0.0941. The molecule has 0 aliphatic carbocycles. The fraction of sp³-hybridized carbons (Fsp3) is 0.476. The van der Waals surface area contributed by atoms with E-state index in [0.717, 1.165) is 42.1 Å². The van der Waals surface area contributed by atoms with E-state index in [-0.39, 0.29) is 24.3 Å². The Hall–Kier alpha value is -2.67. The van der Waals surface area contributed by atoms with Crippen LogP contribution in [-0.2, 0) is 14.3 Å². The zero-order valence-electron chi connectivity index (χ0n) is 16.8. The number of ether oxygens (including phenoxy) is 1. The fourth-order valence-electron chi connectivity index (χ4n) is 3.68. The molecule has 0 saturated carbocycles. The predicted molar refractivity (Wildman–Crippen MR) is 107 cm³/mol. The lowest BCUT2D eigenvalue weighted by Gasteiger charge is -2.30. The van der Waals surface area contributed by atoms with E-state index in [1.54, 1.807) is 0 Å². The van der Waals surface area contributed by atoms with Gasteiger partial charge in [-0.15, -0.1) is 0 Å².